The first-order valence-electron chi connectivity index (χ1n) is 7.16. The maximum absolute atomic E-state index is 11.2. The lowest BCUT2D eigenvalue weighted by Gasteiger charge is -2.05. The third-order valence-electron chi connectivity index (χ3n) is 3.83. The first-order chi connectivity index (χ1) is 10.5. The van der Waals surface area contributed by atoms with Gasteiger partial charge in [-0.1, -0.05) is 38.1 Å². The summed E-state index contributed by atoms with van der Waals surface area (Å²) >= 11 is 0. The Morgan fingerprint density at radius 2 is 1.91 bits per heavy atom. The summed E-state index contributed by atoms with van der Waals surface area (Å²) in [5, 5.41) is 13.6. The van der Waals surface area contributed by atoms with Gasteiger partial charge in [0, 0.05) is 17.8 Å². The maximum atomic E-state index is 11.2. The molecule has 112 valence electrons. The van der Waals surface area contributed by atoms with Gasteiger partial charge < -0.3 is 5.11 Å². The molecule has 0 saturated heterocycles. The molecule has 0 aliphatic heterocycles. The molecule has 0 bridgehead atoms. The van der Waals surface area contributed by atoms with Gasteiger partial charge in [-0.25, -0.2) is 14.3 Å². The number of carbonyl (C=O) groups is 1. The first kappa shape index (κ1) is 14.3. The highest BCUT2D eigenvalue weighted by Gasteiger charge is 2.14. The Bertz CT molecular complexity index is 848. The molecule has 0 radical (unpaired) electrons. The molecule has 0 spiro atoms. The van der Waals surface area contributed by atoms with Gasteiger partial charge in [-0.15, -0.1) is 0 Å². The average Bonchev–Trinajstić information content (AvgIpc) is 2.92. The van der Waals surface area contributed by atoms with E-state index in [4.69, 9.17) is 5.11 Å². The number of aromatic carboxylic acids is 1. The van der Waals surface area contributed by atoms with E-state index in [9.17, 15) is 4.79 Å². The lowest BCUT2D eigenvalue weighted by molar-refractivity contribution is 0.0695. The van der Waals surface area contributed by atoms with Crippen molar-refractivity contribution < 1.29 is 9.90 Å². The van der Waals surface area contributed by atoms with Gasteiger partial charge in [-0.2, -0.15) is 5.10 Å². The van der Waals surface area contributed by atoms with Crippen LogP contribution in [0.1, 0.15) is 41.4 Å². The number of benzene rings is 1. The van der Waals surface area contributed by atoms with Gasteiger partial charge in [0.2, 0.25) is 0 Å². The molecule has 0 aliphatic rings. The fourth-order valence-electron chi connectivity index (χ4n) is 2.44. The zero-order valence-electron chi connectivity index (χ0n) is 12.7. The van der Waals surface area contributed by atoms with Gasteiger partial charge in [0.25, 0.3) is 0 Å². The second-order valence-electron chi connectivity index (χ2n) is 5.64. The Kier molecular flexibility index (Phi) is 3.41. The number of carboxylic acid groups (broad SMARTS) is 1. The molecule has 22 heavy (non-hydrogen) atoms. The van der Waals surface area contributed by atoms with Gasteiger partial charge in [0.05, 0.1) is 17.0 Å². The summed E-state index contributed by atoms with van der Waals surface area (Å²) in [7, 11) is 0. The van der Waals surface area contributed by atoms with E-state index >= 15 is 0 Å². The highest BCUT2D eigenvalue weighted by atomic mass is 16.4. The van der Waals surface area contributed by atoms with Crippen LogP contribution in [-0.2, 0) is 0 Å². The molecular weight excluding hydrogens is 278 g/mol. The minimum atomic E-state index is -0.995. The second kappa shape index (κ2) is 5.26. The van der Waals surface area contributed by atoms with Crippen molar-refractivity contribution in [3.8, 4) is 11.3 Å². The van der Waals surface area contributed by atoms with E-state index in [0.29, 0.717) is 17.3 Å². The average molecular weight is 295 g/mol. The van der Waals surface area contributed by atoms with Crippen LogP contribution >= 0.6 is 0 Å². The molecule has 0 saturated carbocycles. The number of aryl methyl sites for hydroxylation is 1. The minimum absolute atomic E-state index is 0.164. The van der Waals surface area contributed by atoms with Crippen molar-refractivity contribution in [2.24, 2.45) is 0 Å². The van der Waals surface area contributed by atoms with Crippen molar-refractivity contribution in [2.45, 2.75) is 26.7 Å². The van der Waals surface area contributed by atoms with Crippen LogP contribution in [0.2, 0.25) is 0 Å². The SMILES string of the molecule is Cc1c(C(=O)O)cnc2cc(-c3ccc(C(C)C)cc3)nn12. The van der Waals surface area contributed by atoms with E-state index < -0.39 is 5.97 Å². The van der Waals surface area contributed by atoms with E-state index in [0.717, 1.165) is 11.3 Å². The second-order valence-corrected chi connectivity index (χ2v) is 5.64. The first-order valence-corrected chi connectivity index (χ1v) is 7.16. The number of fused-ring (bicyclic) bond motifs is 1. The third kappa shape index (κ3) is 2.35. The van der Waals surface area contributed by atoms with Crippen LogP contribution in [0.3, 0.4) is 0 Å². The van der Waals surface area contributed by atoms with Crippen LogP contribution in [-0.4, -0.2) is 25.7 Å². The summed E-state index contributed by atoms with van der Waals surface area (Å²) in [5.74, 6) is -0.512. The zero-order chi connectivity index (χ0) is 15.9. The van der Waals surface area contributed by atoms with Crippen molar-refractivity contribution in [3.05, 3.63) is 53.3 Å². The fourth-order valence-corrected chi connectivity index (χ4v) is 2.44. The summed E-state index contributed by atoms with van der Waals surface area (Å²) in [4.78, 5) is 15.3. The molecule has 0 atom stereocenters. The molecule has 1 N–H and O–H groups in total. The quantitative estimate of drug-likeness (QED) is 0.802. The van der Waals surface area contributed by atoms with Crippen molar-refractivity contribution in [1.82, 2.24) is 14.6 Å². The predicted octanol–water partition coefficient (Wildman–Crippen LogP) is 3.53. The molecule has 5 nitrogen and oxygen atoms in total. The molecule has 0 aliphatic carbocycles. The third-order valence-corrected chi connectivity index (χ3v) is 3.83. The van der Waals surface area contributed by atoms with Gasteiger partial charge in [-0.05, 0) is 18.4 Å². The van der Waals surface area contributed by atoms with Gasteiger partial charge in [0.15, 0.2) is 5.65 Å². The predicted molar refractivity (Wildman–Crippen MR) is 84.2 cm³/mol. The number of nitrogens with zero attached hydrogens (tertiary/aromatic N) is 3. The molecule has 0 unspecified atom stereocenters. The molecule has 2 heterocycles. The molecule has 3 rings (SSSR count). The van der Waals surface area contributed by atoms with E-state index in [2.05, 4.69) is 36.1 Å². The van der Waals surface area contributed by atoms with Gasteiger partial charge in [-0.3, -0.25) is 0 Å². The summed E-state index contributed by atoms with van der Waals surface area (Å²) in [5.41, 5.74) is 4.43. The number of hydrogen-bond donors (Lipinski definition) is 1. The Hall–Kier alpha value is -2.69. The molecule has 5 heteroatoms. The summed E-state index contributed by atoms with van der Waals surface area (Å²) < 4.78 is 1.58. The van der Waals surface area contributed by atoms with E-state index in [-0.39, 0.29) is 5.56 Å². The Labute approximate surface area is 128 Å². The Balaban J connectivity index is 2.08. The monoisotopic (exact) mass is 295 g/mol. The van der Waals surface area contributed by atoms with Crippen LogP contribution in [0.25, 0.3) is 16.9 Å². The van der Waals surface area contributed by atoms with Crippen LogP contribution < -0.4 is 0 Å². The van der Waals surface area contributed by atoms with E-state index in [1.165, 1.54) is 11.8 Å². The van der Waals surface area contributed by atoms with Crippen molar-refractivity contribution in [1.29, 1.82) is 0 Å². The van der Waals surface area contributed by atoms with E-state index in [1.807, 2.05) is 18.2 Å². The lowest BCUT2D eigenvalue weighted by atomic mass is 10.0. The number of carboxylic acids is 1. The van der Waals surface area contributed by atoms with Crippen molar-refractivity contribution >= 4 is 11.6 Å². The molecule has 0 fully saturated rings. The number of hydrogen-bond acceptors (Lipinski definition) is 3. The van der Waals surface area contributed by atoms with Crippen molar-refractivity contribution in [2.75, 3.05) is 0 Å². The Morgan fingerprint density at radius 1 is 1.23 bits per heavy atom. The molecule has 1 aromatic carbocycles. The van der Waals surface area contributed by atoms with E-state index in [1.54, 1.807) is 11.4 Å². The maximum Gasteiger partial charge on any atom is 0.339 e. The van der Waals surface area contributed by atoms with Crippen LogP contribution in [0.4, 0.5) is 0 Å². The summed E-state index contributed by atoms with van der Waals surface area (Å²) in [6.45, 7) is 6.04. The highest BCUT2D eigenvalue weighted by molar-refractivity contribution is 5.88. The largest absolute Gasteiger partial charge is 0.478 e. The highest BCUT2D eigenvalue weighted by Crippen LogP contribution is 2.23. The van der Waals surface area contributed by atoms with Gasteiger partial charge in [0.1, 0.15) is 0 Å². The minimum Gasteiger partial charge on any atom is -0.478 e. The van der Waals surface area contributed by atoms with Crippen LogP contribution in [0.5, 0.6) is 0 Å². The van der Waals surface area contributed by atoms with Crippen LogP contribution in [0.15, 0.2) is 36.5 Å². The molecule has 2 aromatic heterocycles. The Morgan fingerprint density at radius 3 is 2.50 bits per heavy atom. The smallest absolute Gasteiger partial charge is 0.339 e. The van der Waals surface area contributed by atoms with Crippen molar-refractivity contribution in [3.63, 3.8) is 0 Å². The topological polar surface area (TPSA) is 67.5 Å². The number of rotatable bonds is 3. The zero-order valence-corrected chi connectivity index (χ0v) is 12.7. The van der Waals surface area contributed by atoms with Crippen LogP contribution in [0, 0.1) is 6.92 Å². The lowest BCUT2D eigenvalue weighted by Crippen LogP contribution is -2.06. The summed E-state index contributed by atoms with van der Waals surface area (Å²) in [6, 6.07) is 10.1. The normalized spacial score (nSPS) is 11.3. The molecular formula is C17H17N3O2. The standard InChI is InChI=1S/C17H17N3O2/c1-10(2)12-4-6-13(7-5-12)15-8-16-18-9-14(17(21)22)11(3)20(16)19-15/h4-10H,1-3H3,(H,21,22). The fraction of sp³-hybridized carbons (Fsp3) is 0.235. The molecule has 3 aromatic rings. The number of aromatic nitrogens is 3. The van der Waals surface area contributed by atoms with Gasteiger partial charge >= 0.3 is 5.97 Å². The summed E-state index contributed by atoms with van der Waals surface area (Å²) in [6.07, 6.45) is 1.38. The molecule has 0 amide bonds.